The molecular weight excluding hydrogens is 250 g/mol. The van der Waals surface area contributed by atoms with Crippen molar-refractivity contribution >= 4 is 11.8 Å². The molecule has 2 N–H and O–H groups in total. The van der Waals surface area contributed by atoms with Crippen LogP contribution in [0.3, 0.4) is 0 Å². The Morgan fingerprint density at radius 3 is 3.06 bits per heavy atom. The van der Waals surface area contributed by atoms with Gasteiger partial charge in [-0.05, 0) is 16.8 Å². The van der Waals surface area contributed by atoms with E-state index in [1.165, 1.54) is 11.9 Å². The predicted octanol–water partition coefficient (Wildman–Crippen LogP) is 1.28. The molecule has 0 unspecified atom stereocenters. The molecule has 0 saturated heterocycles. The van der Waals surface area contributed by atoms with Crippen LogP contribution in [0.15, 0.2) is 35.7 Å². The van der Waals surface area contributed by atoms with E-state index in [0.29, 0.717) is 5.82 Å². The van der Waals surface area contributed by atoms with Crippen molar-refractivity contribution < 1.29 is 0 Å². The fraction of sp³-hybridized carbons (Fsp3) is 0.100. The fourth-order valence-electron chi connectivity index (χ4n) is 1.50. The highest BCUT2D eigenvalue weighted by Gasteiger charge is 2.04. The summed E-state index contributed by atoms with van der Waals surface area (Å²) in [7, 11) is 0. The molecule has 0 radical (unpaired) electrons. The molecule has 2 aromatic heterocycles. The normalized spacial score (nSPS) is 10.7. The molecule has 0 spiro atoms. The predicted molar refractivity (Wildman–Crippen MR) is 65.6 cm³/mol. The minimum absolute atomic E-state index is 0.599. The van der Waals surface area contributed by atoms with Gasteiger partial charge in [-0.3, -0.25) is 5.10 Å². The van der Waals surface area contributed by atoms with Gasteiger partial charge in [0.05, 0.1) is 0 Å². The van der Waals surface area contributed by atoms with Gasteiger partial charge in [0.25, 0.3) is 0 Å². The molecule has 2 heterocycles. The number of tetrazole rings is 1. The summed E-state index contributed by atoms with van der Waals surface area (Å²) >= 11 is 1.59. The fourth-order valence-corrected chi connectivity index (χ4v) is 2.22. The molecule has 1 aromatic carbocycles. The zero-order valence-electron chi connectivity index (χ0n) is 9.24. The SMILES string of the molecule is c1cc(CSc2ncn[nH]2)cc(-c2nn[nH]n2)c1. The highest BCUT2D eigenvalue weighted by Crippen LogP contribution is 2.21. The molecule has 0 aliphatic carbocycles. The van der Waals surface area contributed by atoms with Gasteiger partial charge in [0.2, 0.25) is 5.82 Å². The summed E-state index contributed by atoms with van der Waals surface area (Å²) in [5.41, 5.74) is 2.11. The molecule has 90 valence electrons. The molecular formula is C10H9N7S. The van der Waals surface area contributed by atoms with Crippen LogP contribution in [-0.4, -0.2) is 35.8 Å². The highest BCUT2D eigenvalue weighted by atomic mass is 32.2. The molecule has 0 saturated carbocycles. The number of rotatable bonds is 4. The molecule has 8 heteroatoms. The summed E-state index contributed by atoms with van der Waals surface area (Å²) < 4.78 is 0. The number of nitrogens with zero attached hydrogens (tertiary/aromatic N) is 5. The van der Waals surface area contributed by atoms with Crippen LogP contribution in [0.5, 0.6) is 0 Å². The number of hydrogen-bond donors (Lipinski definition) is 2. The summed E-state index contributed by atoms with van der Waals surface area (Å²) in [6, 6.07) is 8.01. The van der Waals surface area contributed by atoms with E-state index in [2.05, 4.69) is 35.8 Å². The summed E-state index contributed by atoms with van der Waals surface area (Å²) in [4.78, 5) is 4.06. The van der Waals surface area contributed by atoms with Crippen molar-refractivity contribution in [2.45, 2.75) is 10.9 Å². The van der Waals surface area contributed by atoms with Gasteiger partial charge < -0.3 is 0 Å². The highest BCUT2D eigenvalue weighted by molar-refractivity contribution is 7.98. The Hall–Kier alpha value is -2.22. The van der Waals surface area contributed by atoms with Gasteiger partial charge >= 0.3 is 0 Å². The van der Waals surface area contributed by atoms with E-state index in [4.69, 9.17) is 0 Å². The van der Waals surface area contributed by atoms with Crippen molar-refractivity contribution in [3.63, 3.8) is 0 Å². The van der Waals surface area contributed by atoms with Crippen molar-refractivity contribution in [1.29, 1.82) is 0 Å². The number of thioether (sulfide) groups is 1. The first-order valence-corrected chi connectivity index (χ1v) is 6.21. The molecule has 0 amide bonds. The Balaban J connectivity index is 1.75. The standard InChI is InChI=1S/C10H9N7S/c1-2-7(5-18-10-11-6-12-15-10)4-8(3-1)9-13-16-17-14-9/h1-4,6H,5H2,(H,11,12,15)(H,13,14,16,17). The van der Waals surface area contributed by atoms with Crippen molar-refractivity contribution in [3.8, 4) is 11.4 Å². The number of H-pyrrole nitrogens is 2. The van der Waals surface area contributed by atoms with Crippen LogP contribution < -0.4 is 0 Å². The second-order valence-electron chi connectivity index (χ2n) is 3.52. The number of hydrogen-bond acceptors (Lipinski definition) is 6. The number of nitrogens with one attached hydrogen (secondary N) is 2. The molecule has 0 fully saturated rings. The second kappa shape index (κ2) is 4.96. The molecule has 0 aliphatic rings. The molecule has 0 aliphatic heterocycles. The smallest absolute Gasteiger partial charge is 0.204 e. The van der Waals surface area contributed by atoms with Crippen LogP contribution >= 0.6 is 11.8 Å². The number of benzene rings is 1. The maximum atomic E-state index is 4.06. The first kappa shape index (κ1) is 10.9. The van der Waals surface area contributed by atoms with Crippen LogP contribution in [0.25, 0.3) is 11.4 Å². The van der Waals surface area contributed by atoms with Crippen molar-refractivity contribution in [2.24, 2.45) is 0 Å². The lowest BCUT2D eigenvalue weighted by Crippen LogP contribution is -1.86. The first-order chi connectivity index (χ1) is 8.92. The Kier molecular flexibility index (Phi) is 3.01. The molecule has 3 aromatic rings. The minimum Gasteiger partial charge on any atom is -0.254 e. The van der Waals surface area contributed by atoms with Crippen molar-refractivity contribution in [3.05, 3.63) is 36.2 Å². The monoisotopic (exact) mass is 259 g/mol. The van der Waals surface area contributed by atoms with E-state index in [-0.39, 0.29) is 0 Å². The van der Waals surface area contributed by atoms with Gasteiger partial charge in [-0.2, -0.15) is 10.3 Å². The van der Waals surface area contributed by atoms with Crippen LogP contribution in [0.1, 0.15) is 5.56 Å². The van der Waals surface area contributed by atoms with E-state index >= 15 is 0 Å². The second-order valence-corrected chi connectivity index (χ2v) is 4.48. The Bertz CT molecular complexity index is 605. The molecule has 3 rings (SSSR count). The summed E-state index contributed by atoms with van der Waals surface area (Å²) in [5, 5.41) is 21.3. The van der Waals surface area contributed by atoms with Gasteiger partial charge in [-0.1, -0.05) is 30.0 Å². The van der Waals surface area contributed by atoms with Crippen LogP contribution in [-0.2, 0) is 5.75 Å². The van der Waals surface area contributed by atoms with E-state index < -0.39 is 0 Å². The molecule has 0 bridgehead atoms. The van der Waals surface area contributed by atoms with Crippen LogP contribution in [0.2, 0.25) is 0 Å². The third-order valence-corrected chi connectivity index (χ3v) is 3.25. The third-order valence-electron chi connectivity index (χ3n) is 2.30. The number of aromatic nitrogens is 7. The average Bonchev–Trinajstić information content (AvgIpc) is 3.10. The summed E-state index contributed by atoms with van der Waals surface area (Å²) in [6.45, 7) is 0. The zero-order valence-corrected chi connectivity index (χ0v) is 10.1. The molecule has 7 nitrogen and oxygen atoms in total. The lowest BCUT2D eigenvalue weighted by Gasteiger charge is -2.01. The lowest BCUT2D eigenvalue weighted by molar-refractivity contribution is 0.881. The molecule has 0 atom stereocenters. The van der Waals surface area contributed by atoms with Gasteiger partial charge in [0.15, 0.2) is 5.16 Å². The van der Waals surface area contributed by atoms with Gasteiger partial charge in [0.1, 0.15) is 6.33 Å². The maximum absolute atomic E-state index is 4.06. The maximum Gasteiger partial charge on any atom is 0.204 e. The molecule has 18 heavy (non-hydrogen) atoms. The van der Waals surface area contributed by atoms with E-state index in [1.54, 1.807) is 11.8 Å². The van der Waals surface area contributed by atoms with Crippen molar-refractivity contribution in [2.75, 3.05) is 0 Å². The number of aromatic amines is 2. The minimum atomic E-state index is 0.599. The average molecular weight is 259 g/mol. The van der Waals surface area contributed by atoms with Gasteiger partial charge in [-0.15, -0.1) is 10.2 Å². The first-order valence-electron chi connectivity index (χ1n) is 5.23. The zero-order chi connectivity index (χ0) is 12.2. The van der Waals surface area contributed by atoms with Crippen LogP contribution in [0, 0.1) is 0 Å². The van der Waals surface area contributed by atoms with Gasteiger partial charge in [-0.25, -0.2) is 4.98 Å². The van der Waals surface area contributed by atoms with Crippen LogP contribution in [0.4, 0.5) is 0 Å². The summed E-state index contributed by atoms with van der Waals surface area (Å²) in [6.07, 6.45) is 1.50. The van der Waals surface area contributed by atoms with E-state index in [0.717, 1.165) is 16.5 Å². The quantitative estimate of drug-likeness (QED) is 0.685. The van der Waals surface area contributed by atoms with E-state index in [1.807, 2.05) is 24.3 Å². The third kappa shape index (κ3) is 2.38. The van der Waals surface area contributed by atoms with Gasteiger partial charge in [0, 0.05) is 11.3 Å². The Morgan fingerprint density at radius 1 is 1.28 bits per heavy atom. The van der Waals surface area contributed by atoms with Crippen molar-refractivity contribution in [1.82, 2.24) is 35.8 Å². The topological polar surface area (TPSA) is 96.0 Å². The summed E-state index contributed by atoms with van der Waals surface area (Å²) in [5.74, 6) is 1.41. The Labute approximate surface area is 106 Å². The van der Waals surface area contributed by atoms with E-state index in [9.17, 15) is 0 Å². The largest absolute Gasteiger partial charge is 0.254 e. The Morgan fingerprint density at radius 2 is 2.28 bits per heavy atom. The lowest BCUT2D eigenvalue weighted by atomic mass is 10.1.